The second-order valence-corrected chi connectivity index (χ2v) is 4.54. The van der Waals surface area contributed by atoms with E-state index in [0.29, 0.717) is 25.6 Å². The Labute approximate surface area is 146 Å². The molecule has 22 heavy (non-hydrogen) atoms. The second-order valence-electron chi connectivity index (χ2n) is 4.54. The van der Waals surface area contributed by atoms with Gasteiger partial charge in [0.2, 0.25) is 5.91 Å². The van der Waals surface area contributed by atoms with E-state index >= 15 is 0 Å². The molecule has 0 spiro atoms. The lowest BCUT2D eigenvalue weighted by atomic mass is 10.2. The smallest absolute Gasteiger partial charge is 0.324 e. The van der Waals surface area contributed by atoms with Gasteiger partial charge in [0.15, 0.2) is 5.96 Å². The van der Waals surface area contributed by atoms with Crippen molar-refractivity contribution in [3.63, 3.8) is 0 Å². The average Bonchev–Trinajstić information content (AvgIpc) is 2.83. The third-order valence-electron chi connectivity index (χ3n) is 3.09. The fourth-order valence-corrected chi connectivity index (χ4v) is 1.97. The molecule has 3 amide bonds. The van der Waals surface area contributed by atoms with Gasteiger partial charge in [0.1, 0.15) is 0 Å². The molecule has 1 aromatic carbocycles. The van der Waals surface area contributed by atoms with Crippen molar-refractivity contribution in [2.75, 3.05) is 26.7 Å². The minimum absolute atomic E-state index is 0. The van der Waals surface area contributed by atoms with Crippen LogP contribution in [0.4, 0.5) is 4.79 Å². The molecule has 0 unspecified atom stereocenters. The zero-order valence-corrected chi connectivity index (χ0v) is 14.7. The fourth-order valence-electron chi connectivity index (χ4n) is 1.97. The summed E-state index contributed by atoms with van der Waals surface area (Å²) in [7, 11) is 1.67. The highest BCUT2D eigenvalue weighted by atomic mass is 127. The number of carbonyl (C=O) groups excluding carboxylic acids is 2. The summed E-state index contributed by atoms with van der Waals surface area (Å²) in [6.45, 7) is 1.51. The molecule has 0 bridgehead atoms. The second kappa shape index (κ2) is 9.23. The number of benzene rings is 1. The lowest BCUT2D eigenvalue weighted by Crippen LogP contribution is -2.43. The summed E-state index contributed by atoms with van der Waals surface area (Å²) in [5.41, 5.74) is 1.15. The van der Waals surface area contributed by atoms with Crippen LogP contribution in [0.2, 0.25) is 0 Å². The van der Waals surface area contributed by atoms with Gasteiger partial charge in [-0.25, -0.2) is 4.79 Å². The highest BCUT2D eigenvalue weighted by Gasteiger charge is 2.27. The average molecular weight is 417 g/mol. The number of nitrogens with zero attached hydrogens (tertiary/aromatic N) is 2. The standard InChI is InChI=1S/C14H19N5O2.HI/c1-15-13(17-9-11-5-3-2-4-6-11)16-7-8-19-12(20)10-18-14(19)21;/h2-6H,7-10H2,1H3,(H,18,21)(H2,15,16,17);1H. The molecule has 8 heteroatoms. The van der Waals surface area contributed by atoms with Crippen molar-refractivity contribution in [2.45, 2.75) is 6.54 Å². The summed E-state index contributed by atoms with van der Waals surface area (Å²) in [4.78, 5) is 28.1. The Morgan fingerprint density at radius 2 is 2.00 bits per heavy atom. The SMILES string of the molecule is CN=C(NCCN1C(=O)CNC1=O)NCc1ccccc1.I. The van der Waals surface area contributed by atoms with Crippen LogP contribution in [0.1, 0.15) is 5.56 Å². The molecule has 1 fully saturated rings. The molecular formula is C14H20IN5O2. The number of carbonyl (C=O) groups is 2. The highest BCUT2D eigenvalue weighted by molar-refractivity contribution is 14.0. The normalized spacial score (nSPS) is 14.4. The predicted octanol–water partition coefficient (Wildman–Crippen LogP) is 0.521. The molecule has 1 saturated heterocycles. The minimum atomic E-state index is -0.339. The molecule has 1 aliphatic heterocycles. The number of aliphatic imine (C=N–C) groups is 1. The molecule has 0 atom stereocenters. The van der Waals surface area contributed by atoms with Crippen LogP contribution in [0, 0.1) is 0 Å². The maximum atomic E-state index is 11.4. The number of urea groups is 1. The van der Waals surface area contributed by atoms with Crippen LogP contribution in [0.25, 0.3) is 0 Å². The first-order chi connectivity index (χ1) is 10.2. The Morgan fingerprint density at radius 1 is 1.27 bits per heavy atom. The summed E-state index contributed by atoms with van der Waals surface area (Å²) in [5, 5.41) is 8.72. The molecule has 7 nitrogen and oxygen atoms in total. The number of nitrogens with one attached hydrogen (secondary N) is 3. The van der Waals surface area contributed by atoms with E-state index in [-0.39, 0.29) is 42.5 Å². The van der Waals surface area contributed by atoms with E-state index in [1.165, 1.54) is 4.90 Å². The molecule has 0 saturated carbocycles. The fraction of sp³-hybridized carbons (Fsp3) is 0.357. The number of hydrogen-bond acceptors (Lipinski definition) is 3. The first kappa shape index (κ1) is 18.2. The quantitative estimate of drug-likeness (QED) is 0.282. The summed E-state index contributed by atoms with van der Waals surface area (Å²) in [6, 6.07) is 9.62. The van der Waals surface area contributed by atoms with Crippen molar-refractivity contribution >= 4 is 41.9 Å². The van der Waals surface area contributed by atoms with E-state index in [1.807, 2.05) is 30.3 Å². The summed E-state index contributed by atoms with van der Waals surface area (Å²) in [6.07, 6.45) is 0. The molecule has 1 aromatic rings. The maximum Gasteiger partial charge on any atom is 0.324 e. The molecule has 120 valence electrons. The Morgan fingerprint density at radius 3 is 2.59 bits per heavy atom. The number of imide groups is 1. The largest absolute Gasteiger partial charge is 0.355 e. The van der Waals surface area contributed by atoms with Crippen LogP contribution in [0.3, 0.4) is 0 Å². The van der Waals surface area contributed by atoms with Gasteiger partial charge in [0.05, 0.1) is 6.54 Å². The zero-order valence-electron chi connectivity index (χ0n) is 12.3. The Balaban J connectivity index is 0.00000242. The molecular weight excluding hydrogens is 397 g/mol. The van der Waals surface area contributed by atoms with Gasteiger partial charge in [0.25, 0.3) is 0 Å². The van der Waals surface area contributed by atoms with Crippen LogP contribution < -0.4 is 16.0 Å². The summed E-state index contributed by atoms with van der Waals surface area (Å²) < 4.78 is 0. The number of halogens is 1. The van der Waals surface area contributed by atoms with Crippen molar-refractivity contribution in [1.29, 1.82) is 0 Å². The third-order valence-corrected chi connectivity index (χ3v) is 3.09. The van der Waals surface area contributed by atoms with E-state index in [2.05, 4.69) is 20.9 Å². The predicted molar refractivity (Wildman–Crippen MR) is 95.2 cm³/mol. The van der Waals surface area contributed by atoms with Crippen LogP contribution in [-0.4, -0.2) is 49.5 Å². The first-order valence-electron chi connectivity index (χ1n) is 6.77. The van der Waals surface area contributed by atoms with Crippen molar-refractivity contribution in [1.82, 2.24) is 20.9 Å². The van der Waals surface area contributed by atoms with E-state index in [1.54, 1.807) is 7.05 Å². The number of hydrogen-bond donors (Lipinski definition) is 3. The van der Waals surface area contributed by atoms with Crippen LogP contribution in [-0.2, 0) is 11.3 Å². The van der Waals surface area contributed by atoms with E-state index in [9.17, 15) is 9.59 Å². The van der Waals surface area contributed by atoms with Crippen LogP contribution in [0.5, 0.6) is 0 Å². The van der Waals surface area contributed by atoms with Gasteiger partial charge in [0, 0.05) is 26.7 Å². The van der Waals surface area contributed by atoms with E-state index < -0.39 is 0 Å². The van der Waals surface area contributed by atoms with Gasteiger partial charge in [-0.1, -0.05) is 30.3 Å². The highest BCUT2D eigenvalue weighted by Crippen LogP contribution is 1.98. The summed E-state index contributed by atoms with van der Waals surface area (Å²) >= 11 is 0. The Hall–Kier alpha value is -1.84. The number of amides is 3. The lowest BCUT2D eigenvalue weighted by Gasteiger charge is -2.15. The van der Waals surface area contributed by atoms with E-state index in [0.717, 1.165) is 5.56 Å². The number of guanidine groups is 1. The van der Waals surface area contributed by atoms with Crippen molar-refractivity contribution in [3.05, 3.63) is 35.9 Å². The molecule has 0 aromatic heterocycles. The van der Waals surface area contributed by atoms with Gasteiger partial charge in [-0.15, -0.1) is 24.0 Å². The summed E-state index contributed by atoms with van der Waals surface area (Å²) in [5.74, 6) is 0.430. The first-order valence-corrected chi connectivity index (χ1v) is 6.77. The van der Waals surface area contributed by atoms with Crippen LogP contribution >= 0.6 is 24.0 Å². The van der Waals surface area contributed by atoms with Crippen molar-refractivity contribution in [2.24, 2.45) is 4.99 Å². The van der Waals surface area contributed by atoms with Gasteiger partial charge >= 0.3 is 6.03 Å². The Bertz CT molecular complexity index is 519. The molecule has 0 aliphatic carbocycles. The van der Waals surface area contributed by atoms with Crippen LogP contribution in [0.15, 0.2) is 35.3 Å². The van der Waals surface area contributed by atoms with Gasteiger partial charge in [-0.2, -0.15) is 0 Å². The Kier molecular flexibility index (Phi) is 7.64. The topological polar surface area (TPSA) is 85.8 Å². The van der Waals surface area contributed by atoms with Gasteiger partial charge in [-0.3, -0.25) is 14.7 Å². The molecule has 3 N–H and O–H groups in total. The van der Waals surface area contributed by atoms with Gasteiger partial charge in [-0.05, 0) is 5.56 Å². The molecule has 2 rings (SSSR count). The molecule has 1 aliphatic rings. The molecule has 1 heterocycles. The third kappa shape index (κ3) is 5.17. The monoisotopic (exact) mass is 417 g/mol. The maximum absolute atomic E-state index is 11.4. The van der Waals surface area contributed by atoms with Crippen molar-refractivity contribution in [3.8, 4) is 0 Å². The lowest BCUT2D eigenvalue weighted by molar-refractivity contribution is -0.124. The zero-order chi connectivity index (χ0) is 15.1. The van der Waals surface area contributed by atoms with E-state index in [4.69, 9.17) is 0 Å². The van der Waals surface area contributed by atoms with Crippen molar-refractivity contribution < 1.29 is 9.59 Å². The van der Waals surface area contributed by atoms with Gasteiger partial charge < -0.3 is 16.0 Å². The molecule has 0 radical (unpaired) electrons. The minimum Gasteiger partial charge on any atom is -0.355 e. The number of rotatable bonds is 5.